The van der Waals surface area contributed by atoms with Crippen molar-refractivity contribution in [2.75, 3.05) is 51.0 Å². The van der Waals surface area contributed by atoms with Gasteiger partial charge < -0.3 is 25.4 Å². The lowest BCUT2D eigenvalue weighted by molar-refractivity contribution is 0.0680. The van der Waals surface area contributed by atoms with E-state index in [-0.39, 0.29) is 12.1 Å². The molecule has 0 unspecified atom stereocenters. The molecule has 1 aliphatic rings. The summed E-state index contributed by atoms with van der Waals surface area (Å²) in [7, 11) is 1.58. The second kappa shape index (κ2) is 8.46. The van der Waals surface area contributed by atoms with Crippen LogP contribution in [0.2, 0.25) is 0 Å². The number of amides is 2. The van der Waals surface area contributed by atoms with Gasteiger partial charge in [-0.15, -0.1) is 0 Å². The fourth-order valence-electron chi connectivity index (χ4n) is 2.17. The van der Waals surface area contributed by atoms with Crippen molar-refractivity contribution in [3.8, 4) is 0 Å². The van der Waals surface area contributed by atoms with E-state index in [0.29, 0.717) is 55.8 Å². The van der Waals surface area contributed by atoms with E-state index in [0.717, 1.165) is 0 Å². The summed E-state index contributed by atoms with van der Waals surface area (Å²) >= 11 is 0. The first kappa shape index (κ1) is 18.0. The Kier molecular flexibility index (Phi) is 6.33. The second-order valence-corrected chi connectivity index (χ2v) is 5.49. The molecule has 2 rings (SSSR count). The SMILES string of the molecule is CO[C@H](C)CNC(=O)Nc1cc(N)c(C(=N)N2CCOCC2)cn1. The van der Waals surface area contributed by atoms with Crippen molar-refractivity contribution in [2.24, 2.45) is 0 Å². The molecule has 0 aromatic carbocycles. The van der Waals surface area contributed by atoms with Crippen LogP contribution in [0.15, 0.2) is 12.3 Å². The number of methoxy groups -OCH3 is 1. The number of carbonyl (C=O) groups excluding carboxylic acids is 1. The molecule has 1 aromatic rings. The van der Waals surface area contributed by atoms with E-state index in [1.807, 2.05) is 11.8 Å². The molecular formula is C15H24N6O3. The largest absolute Gasteiger partial charge is 0.398 e. The van der Waals surface area contributed by atoms with Gasteiger partial charge in [-0.05, 0) is 6.92 Å². The number of nitrogens with two attached hydrogens (primary N) is 1. The topological polar surface area (TPSA) is 126 Å². The number of anilines is 2. The lowest BCUT2D eigenvalue weighted by atomic mass is 10.2. The molecule has 1 saturated heterocycles. The second-order valence-electron chi connectivity index (χ2n) is 5.49. The first-order valence-corrected chi connectivity index (χ1v) is 7.76. The number of amidine groups is 1. The van der Waals surface area contributed by atoms with Gasteiger partial charge in [-0.3, -0.25) is 10.7 Å². The van der Waals surface area contributed by atoms with Crippen LogP contribution >= 0.6 is 0 Å². The van der Waals surface area contributed by atoms with E-state index in [1.165, 1.54) is 6.20 Å². The zero-order chi connectivity index (χ0) is 17.5. The van der Waals surface area contributed by atoms with E-state index in [4.69, 9.17) is 20.6 Å². The lowest BCUT2D eigenvalue weighted by Gasteiger charge is -2.29. The summed E-state index contributed by atoms with van der Waals surface area (Å²) < 4.78 is 10.3. The molecule has 2 heterocycles. The van der Waals surface area contributed by atoms with Gasteiger partial charge in [0.2, 0.25) is 0 Å². The van der Waals surface area contributed by atoms with Crippen LogP contribution in [0.25, 0.3) is 0 Å². The molecule has 9 nitrogen and oxygen atoms in total. The van der Waals surface area contributed by atoms with Crippen molar-refractivity contribution in [2.45, 2.75) is 13.0 Å². The van der Waals surface area contributed by atoms with Crippen LogP contribution in [-0.2, 0) is 9.47 Å². The summed E-state index contributed by atoms with van der Waals surface area (Å²) in [5, 5.41) is 13.5. The van der Waals surface area contributed by atoms with Crippen LogP contribution in [-0.4, -0.2) is 67.8 Å². The minimum Gasteiger partial charge on any atom is -0.398 e. The van der Waals surface area contributed by atoms with Crippen molar-refractivity contribution < 1.29 is 14.3 Å². The molecule has 24 heavy (non-hydrogen) atoms. The number of nitrogen functional groups attached to an aromatic ring is 1. The van der Waals surface area contributed by atoms with Gasteiger partial charge in [-0.1, -0.05) is 0 Å². The highest BCUT2D eigenvalue weighted by Crippen LogP contribution is 2.17. The number of pyridine rings is 1. The zero-order valence-corrected chi connectivity index (χ0v) is 14.0. The molecule has 2 amide bonds. The standard InChI is InChI=1S/C15H24N6O3/c1-10(23-2)8-19-15(22)20-13-7-12(16)11(9-18-13)14(17)21-3-5-24-6-4-21/h7,9-10,17H,3-6,8H2,1-2H3,(H4,16,18,19,20,22)/t10-/m1/s1. The predicted octanol–water partition coefficient (Wildman–Crippen LogP) is 0.478. The van der Waals surface area contributed by atoms with E-state index in [9.17, 15) is 4.79 Å². The minimum atomic E-state index is -0.387. The molecule has 0 aliphatic carbocycles. The van der Waals surface area contributed by atoms with Gasteiger partial charge in [-0.2, -0.15) is 0 Å². The van der Waals surface area contributed by atoms with Crippen molar-refractivity contribution in [1.82, 2.24) is 15.2 Å². The Balaban J connectivity index is 1.96. The van der Waals surface area contributed by atoms with Crippen LogP contribution in [0, 0.1) is 5.41 Å². The Bertz CT molecular complexity index is 589. The van der Waals surface area contributed by atoms with Gasteiger partial charge in [-0.25, -0.2) is 9.78 Å². The maximum atomic E-state index is 11.8. The quantitative estimate of drug-likeness (QED) is 0.458. The number of nitrogens with zero attached hydrogens (tertiary/aromatic N) is 2. The molecule has 0 spiro atoms. The Morgan fingerprint density at radius 1 is 1.54 bits per heavy atom. The third-order valence-corrected chi connectivity index (χ3v) is 3.71. The van der Waals surface area contributed by atoms with Crippen LogP contribution in [0.1, 0.15) is 12.5 Å². The maximum Gasteiger partial charge on any atom is 0.320 e. The third-order valence-electron chi connectivity index (χ3n) is 3.71. The molecule has 1 aromatic heterocycles. The Morgan fingerprint density at radius 2 is 2.25 bits per heavy atom. The highest BCUT2D eigenvalue weighted by atomic mass is 16.5. The van der Waals surface area contributed by atoms with Gasteiger partial charge in [0.05, 0.1) is 24.9 Å². The van der Waals surface area contributed by atoms with Crippen molar-refractivity contribution >= 4 is 23.4 Å². The average Bonchev–Trinajstić information content (AvgIpc) is 2.60. The summed E-state index contributed by atoms with van der Waals surface area (Å²) in [6.45, 7) is 4.72. The summed E-state index contributed by atoms with van der Waals surface area (Å²) in [6, 6.07) is 1.16. The Morgan fingerprint density at radius 3 is 2.88 bits per heavy atom. The minimum absolute atomic E-state index is 0.0786. The van der Waals surface area contributed by atoms with Gasteiger partial charge in [0, 0.05) is 44.7 Å². The van der Waals surface area contributed by atoms with E-state index in [1.54, 1.807) is 13.2 Å². The molecule has 0 radical (unpaired) electrons. The smallest absolute Gasteiger partial charge is 0.320 e. The van der Waals surface area contributed by atoms with E-state index < -0.39 is 0 Å². The van der Waals surface area contributed by atoms with Crippen molar-refractivity contribution in [1.29, 1.82) is 5.41 Å². The number of rotatable bonds is 5. The fraction of sp³-hybridized carbons (Fsp3) is 0.533. The Labute approximate surface area is 141 Å². The highest BCUT2D eigenvalue weighted by Gasteiger charge is 2.18. The number of carbonyl (C=O) groups is 1. The monoisotopic (exact) mass is 336 g/mol. The number of morpholine rings is 1. The fourth-order valence-corrected chi connectivity index (χ4v) is 2.17. The van der Waals surface area contributed by atoms with Crippen LogP contribution in [0.4, 0.5) is 16.3 Å². The summed E-state index contributed by atoms with van der Waals surface area (Å²) in [5.74, 6) is 0.641. The normalized spacial score (nSPS) is 15.7. The molecule has 5 N–H and O–H groups in total. The average molecular weight is 336 g/mol. The van der Waals surface area contributed by atoms with Crippen LogP contribution < -0.4 is 16.4 Å². The molecule has 9 heteroatoms. The number of hydrogen-bond donors (Lipinski definition) is 4. The zero-order valence-electron chi connectivity index (χ0n) is 14.0. The van der Waals surface area contributed by atoms with Crippen LogP contribution in [0.5, 0.6) is 0 Å². The number of aromatic nitrogens is 1. The third kappa shape index (κ3) is 4.80. The Hall–Kier alpha value is -2.39. The van der Waals surface area contributed by atoms with Gasteiger partial charge >= 0.3 is 6.03 Å². The first-order valence-electron chi connectivity index (χ1n) is 7.76. The maximum absolute atomic E-state index is 11.8. The van der Waals surface area contributed by atoms with Crippen molar-refractivity contribution in [3.05, 3.63) is 17.8 Å². The first-order chi connectivity index (χ1) is 11.5. The number of urea groups is 1. The number of ether oxygens (including phenoxy) is 2. The molecular weight excluding hydrogens is 312 g/mol. The van der Waals surface area contributed by atoms with Crippen molar-refractivity contribution in [3.63, 3.8) is 0 Å². The molecule has 1 atom stereocenters. The van der Waals surface area contributed by atoms with Gasteiger partial charge in [0.15, 0.2) is 0 Å². The predicted molar refractivity (Wildman–Crippen MR) is 91.4 cm³/mol. The molecule has 132 valence electrons. The molecule has 0 saturated carbocycles. The molecule has 1 fully saturated rings. The van der Waals surface area contributed by atoms with Gasteiger partial charge in [0.25, 0.3) is 0 Å². The van der Waals surface area contributed by atoms with E-state index >= 15 is 0 Å². The van der Waals surface area contributed by atoms with Gasteiger partial charge in [0.1, 0.15) is 11.7 Å². The highest BCUT2D eigenvalue weighted by molar-refractivity contribution is 6.01. The number of hydrogen-bond acceptors (Lipinski definition) is 6. The summed E-state index contributed by atoms with van der Waals surface area (Å²) in [5.41, 5.74) is 6.95. The summed E-state index contributed by atoms with van der Waals surface area (Å²) in [4.78, 5) is 17.8. The number of nitrogens with one attached hydrogen (secondary N) is 3. The lowest BCUT2D eigenvalue weighted by Crippen LogP contribution is -2.41. The molecule has 1 aliphatic heterocycles. The molecule has 0 bridgehead atoms. The van der Waals surface area contributed by atoms with E-state index in [2.05, 4.69) is 15.6 Å². The summed E-state index contributed by atoms with van der Waals surface area (Å²) in [6.07, 6.45) is 1.42. The van der Waals surface area contributed by atoms with Crippen LogP contribution in [0.3, 0.4) is 0 Å².